The minimum absolute atomic E-state index is 0.209. The molecule has 3 nitrogen and oxygen atoms in total. The fourth-order valence-corrected chi connectivity index (χ4v) is 5.20. The highest BCUT2D eigenvalue weighted by atomic mass is 16.3. The van der Waals surface area contributed by atoms with Gasteiger partial charge in [-0.25, -0.2) is 0 Å². The molecule has 0 spiro atoms. The second-order valence-electron chi connectivity index (χ2n) is 9.09. The Morgan fingerprint density at radius 2 is 1.41 bits per heavy atom. The summed E-state index contributed by atoms with van der Waals surface area (Å²) in [4.78, 5) is 2.51. The minimum Gasteiger partial charge on any atom is -0.391 e. The van der Waals surface area contributed by atoms with Crippen LogP contribution in [0.25, 0.3) is 10.9 Å². The number of benzene rings is 3. The van der Waals surface area contributed by atoms with E-state index in [-0.39, 0.29) is 12.1 Å². The van der Waals surface area contributed by atoms with Crippen LogP contribution in [0.5, 0.6) is 0 Å². The van der Waals surface area contributed by atoms with Gasteiger partial charge in [0.25, 0.3) is 0 Å². The fourth-order valence-electron chi connectivity index (χ4n) is 5.20. The monoisotopic (exact) mass is 424 g/mol. The normalized spacial score (nSPS) is 18.9. The van der Waals surface area contributed by atoms with Crippen molar-refractivity contribution < 1.29 is 5.11 Å². The molecule has 1 heterocycles. The Morgan fingerprint density at radius 1 is 0.750 bits per heavy atom. The molecule has 0 bridgehead atoms. The Kier molecular flexibility index (Phi) is 6.38. The van der Waals surface area contributed by atoms with Crippen LogP contribution < -0.4 is 0 Å². The van der Waals surface area contributed by atoms with Crippen LogP contribution in [0.15, 0.2) is 91.1 Å². The zero-order chi connectivity index (χ0) is 21.8. The van der Waals surface area contributed by atoms with Crippen LogP contribution in [-0.4, -0.2) is 26.7 Å². The number of hydrogen-bond acceptors (Lipinski definition) is 2. The number of rotatable bonds is 7. The molecule has 3 heteroatoms. The summed E-state index contributed by atoms with van der Waals surface area (Å²) >= 11 is 0. The zero-order valence-corrected chi connectivity index (χ0v) is 18.6. The molecule has 3 aromatic carbocycles. The topological polar surface area (TPSA) is 28.4 Å². The van der Waals surface area contributed by atoms with Gasteiger partial charge in [0.2, 0.25) is 0 Å². The molecule has 0 amide bonds. The Balaban J connectivity index is 1.48. The van der Waals surface area contributed by atoms with E-state index in [1.165, 1.54) is 34.0 Å². The lowest BCUT2D eigenvalue weighted by molar-refractivity contribution is 0.0116. The average Bonchev–Trinajstić information content (AvgIpc) is 3.17. The highest BCUT2D eigenvalue weighted by Crippen LogP contribution is 2.29. The van der Waals surface area contributed by atoms with Gasteiger partial charge in [-0.3, -0.25) is 4.90 Å². The van der Waals surface area contributed by atoms with E-state index in [0.29, 0.717) is 0 Å². The number of nitrogens with zero attached hydrogens (tertiary/aromatic N) is 2. The van der Waals surface area contributed by atoms with E-state index in [0.717, 1.165) is 38.9 Å². The van der Waals surface area contributed by atoms with Crippen molar-refractivity contribution >= 4 is 10.9 Å². The van der Waals surface area contributed by atoms with Crippen molar-refractivity contribution in [3.05, 3.63) is 108 Å². The van der Waals surface area contributed by atoms with Crippen LogP contribution in [-0.2, 0) is 19.6 Å². The lowest BCUT2D eigenvalue weighted by Crippen LogP contribution is -2.44. The summed E-state index contributed by atoms with van der Waals surface area (Å²) in [5.41, 5.74) is 5.22. The molecule has 1 saturated carbocycles. The van der Waals surface area contributed by atoms with Crippen molar-refractivity contribution in [2.24, 2.45) is 0 Å². The van der Waals surface area contributed by atoms with Crippen molar-refractivity contribution in [2.75, 3.05) is 0 Å². The van der Waals surface area contributed by atoms with Gasteiger partial charge in [0.15, 0.2) is 0 Å². The van der Waals surface area contributed by atoms with Gasteiger partial charge in [0.05, 0.1) is 6.10 Å². The SMILES string of the molecule is O[C@H]1CCCC[C@@H]1N(Cc1ccccc1)Cc1cn(Cc2ccccc2)c2ccccc12. The van der Waals surface area contributed by atoms with E-state index < -0.39 is 0 Å². The number of fused-ring (bicyclic) bond motifs is 1. The predicted octanol–water partition coefficient (Wildman–Crippen LogP) is 6.00. The van der Waals surface area contributed by atoms with Gasteiger partial charge < -0.3 is 9.67 Å². The molecular formula is C29H32N2O. The summed E-state index contributed by atoms with van der Waals surface area (Å²) in [7, 11) is 0. The molecular weight excluding hydrogens is 392 g/mol. The van der Waals surface area contributed by atoms with Gasteiger partial charge in [-0.1, -0.05) is 91.7 Å². The number of hydrogen-bond donors (Lipinski definition) is 1. The second kappa shape index (κ2) is 9.72. The van der Waals surface area contributed by atoms with E-state index in [2.05, 4.69) is 101 Å². The van der Waals surface area contributed by atoms with Gasteiger partial charge in [0, 0.05) is 42.8 Å². The molecule has 1 aliphatic carbocycles. The lowest BCUT2D eigenvalue weighted by Gasteiger charge is -2.37. The first-order chi connectivity index (χ1) is 15.8. The molecule has 0 saturated heterocycles. The Labute approximate surface area is 190 Å². The molecule has 0 radical (unpaired) electrons. The summed E-state index contributed by atoms with van der Waals surface area (Å²) in [6.45, 7) is 2.58. The number of aromatic nitrogens is 1. The maximum absolute atomic E-state index is 10.9. The van der Waals surface area contributed by atoms with Crippen LogP contribution in [0.3, 0.4) is 0 Å². The highest BCUT2D eigenvalue weighted by Gasteiger charge is 2.29. The van der Waals surface area contributed by atoms with Crippen molar-refractivity contribution in [2.45, 2.75) is 57.5 Å². The van der Waals surface area contributed by atoms with Crippen LogP contribution in [0.2, 0.25) is 0 Å². The third-order valence-corrected chi connectivity index (χ3v) is 6.83. The van der Waals surface area contributed by atoms with Gasteiger partial charge >= 0.3 is 0 Å². The van der Waals surface area contributed by atoms with E-state index in [9.17, 15) is 5.11 Å². The van der Waals surface area contributed by atoms with Crippen molar-refractivity contribution in [3.63, 3.8) is 0 Å². The van der Waals surface area contributed by atoms with Crippen molar-refractivity contribution in [1.82, 2.24) is 9.47 Å². The van der Waals surface area contributed by atoms with Crippen LogP contribution in [0.4, 0.5) is 0 Å². The van der Waals surface area contributed by atoms with E-state index in [1.807, 2.05) is 0 Å². The highest BCUT2D eigenvalue weighted by molar-refractivity contribution is 5.84. The summed E-state index contributed by atoms with van der Waals surface area (Å²) < 4.78 is 2.37. The lowest BCUT2D eigenvalue weighted by atomic mass is 9.90. The summed E-state index contributed by atoms with van der Waals surface area (Å²) in [5.74, 6) is 0. The first-order valence-electron chi connectivity index (χ1n) is 11.8. The molecule has 0 unspecified atom stereocenters. The van der Waals surface area contributed by atoms with Crippen molar-refractivity contribution in [3.8, 4) is 0 Å². The van der Waals surface area contributed by atoms with Crippen molar-refractivity contribution in [1.29, 1.82) is 0 Å². The minimum atomic E-state index is -0.245. The number of aliphatic hydroxyl groups excluding tert-OH is 1. The maximum atomic E-state index is 10.9. The fraction of sp³-hybridized carbons (Fsp3) is 0.310. The van der Waals surface area contributed by atoms with E-state index in [1.54, 1.807) is 0 Å². The Hall–Kier alpha value is -2.88. The summed E-state index contributed by atoms with van der Waals surface area (Å²) in [5, 5.41) is 12.2. The first-order valence-corrected chi connectivity index (χ1v) is 11.8. The molecule has 1 N–H and O–H groups in total. The molecule has 1 aromatic heterocycles. The molecule has 1 aliphatic rings. The van der Waals surface area contributed by atoms with E-state index >= 15 is 0 Å². The molecule has 2 atom stereocenters. The van der Waals surface area contributed by atoms with E-state index in [4.69, 9.17) is 0 Å². The standard InChI is InChI=1S/C29H32N2O/c32-29-18-10-9-17-28(29)31(20-24-13-5-2-6-14-24)22-25-21-30(19-23-11-3-1-4-12-23)27-16-8-7-15-26(25)27/h1-8,11-16,21,28-29,32H,9-10,17-20,22H2/t28-,29-/m0/s1. The van der Waals surface area contributed by atoms with Gasteiger partial charge in [-0.2, -0.15) is 0 Å². The maximum Gasteiger partial charge on any atom is 0.0695 e. The molecule has 1 fully saturated rings. The molecule has 5 rings (SSSR count). The average molecular weight is 425 g/mol. The van der Waals surface area contributed by atoms with Gasteiger partial charge in [0.1, 0.15) is 0 Å². The first kappa shape index (κ1) is 21.0. The van der Waals surface area contributed by atoms with Gasteiger partial charge in [-0.05, 0) is 35.6 Å². The predicted molar refractivity (Wildman–Crippen MR) is 131 cm³/mol. The second-order valence-corrected chi connectivity index (χ2v) is 9.09. The zero-order valence-electron chi connectivity index (χ0n) is 18.6. The quantitative estimate of drug-likeness (QED) is 0.394. The third-order valence-electron chi connectivity index (χ3n) is 6.83. The smallest absolute Gasteiger partial charge is 0.0695 e. The van der Waals surface area contributed by atoms with Gasteiger partial charge in [-0.15, -0.1) is 0 Å². The van der Waals surface area contributed by atoms with Crippen LogP contribution >= 0.6 is 0 Å². The van der Waals surface area contributed by atoms with Crippen LogP contribution in [0, 0.1) is 0 Å². The number of para-hydroxylation sites is 1. The molecule has 32 heavy (non-hydrogen) atoms. The molecule has 4 aromatic rings. The number of aliphatic hydroxyl groups is 1. The third kappa shape index (κ3) is 4.64. The molecule has 164 valence electrons. The summed E-state index contributed by atoms with van der Waals surface area (Å²) in [6.07, 6.45) is 6.38. The van der Waals surface area contributed by atoms with Crippen LogP contribution in [0.1, 0.15) is 42.4 Å². The Bertz CT molecular complexity index is 1140. The largest absolute Gasteiger partial charge is 0.391 e. The summed E-state index contributed by atoms with van der Waals surface area (Å²) in [6, 6.07) is 30.3. The molecule has 0 aliphatic heterocycles. The Morgan fingerprint density at radius 3 is 2.16 bits per heavy atom.